The predicted molar refractivity (Wildman–Crippen MR) is 306 cm³/mol. The normalized spacial score (nSPS) is 12.8. The molecule has 70 heavy (non-hydrogen) atoms. The van der Waals surface area contributed by atoms with Gasteiger partial charge < -0.3 is 20.3 Å². The molecule has 412 valence electrons. The Morgan fingerprint density at radius 3 is 1.11 bits per heavy atom. The largest absolute Gasteiger partial charge is 0.466 e. The first-order valence-electron chi connectivity index (χ1n) is 31.3. The molecule has 0 aliphatic carbocycles. The molecule has 2 atom stereocenters. The number of ether oxygens (including phenoxy) is 1. The van der Waals surface area contributed by atoms with Gasteiger partial charge in [0.2, 0.25) is 5.91 Å². The van der Waals surface area contributed by atoms with Gasteiger partial charge in [-0.05, 0) is 64.2 Å². The monoisotopic (exact) mass is 984 g/mol. The van der Waals surface area contributed by atoms with E-state index in [0.717, 1.165) is 51.4 Å². The van der Waals surface area contributed by atoms with Crippen LogP contribution in [-0.4, -0.2) is 47.4 Å². The van der Waals surface area contributed by atoms with Crippen molar-refractivity contribution in [2.45, 2.75) is 347 Å². The quantitative estimate of drug-likeness (QED) is 0.0321. The van der Waals surface area contributed by atoms with Gasteiger partial charge in [0.15, 0.2) is 0 Å². The van der Waals surface area contributed by atoms with Crippen molar-refractivity contribution in [2.75, 3.05) is 13.2 Å². The number of carbonyl (C=O) groups excluding carboxylic acids is 2. The number of aliphatic hydroxyl groups is 2. The van der Waals surface area contributed by atoms with E-state index in [0.29, 0.717) is 19.4 Å². The lowest BCUT2D eigenvalue weighted by Gasteiger charge is -2.20. The van der Waals surface area contributed by atoms with Crippen LogP contribution in [0.25, 0.3) is 0 Å². The fourth-order valence-corrected chi connectivity index (χ4v) is 9.61. The maximum absolute atomic E-state index is 12.4. The lowest BCUT2D eigenvalue weighted by molar-refractivity contribution is -0.143. The third-order valence-corrected chi connectivity index (χ3v) is 14.4. The van der Waals surface area contributed by atoms with Crippen LogP contribution in [-0.2, 0) is 14.3 Å². The van der Waals surface area contributed by atoms with Crippen molar-refractivity contribution >= 4 is 11.9 Å². The highest BCUT2D eigenvalue weighted by atomic mass is 16.5. The smallest absolute Gasteiger partial charge is 0.305 e. The molecular weight excluding hydrogens is 863 g/mol. The molecule has 0 spiro atoms. The van der Waals surface area contributed by atoms with E-state index >= 15 is 0 Å². The third-order valence-electron chi connectivity index (χ3n) is 14.4. The Hall–Kier alpha value is -1.92. The number of carbonyl (C=O) groups is 2. The first-order chi connectivity index (χ1) is 34.5. The maximum Gasteiger partial charge on any atom is 0.305 e. The first kappa shape index (κ1) is 68.1. The van der Waals surface area contributed by atoms with Crippen LogP contribution in [0, 0.1) is 0 Å². The summed E-state index contributed by atoms with van der Waals surface area (Å²) < 4.78 is 5.49. The molecule has 0 fully saturated rings. The second kappa shape index (κ2) is 59.6. The first-order valence-corrected chi connectivity index (χ1v) is 31.3. The summed E-state index contributed by atoms with van der Waals surface area (Å²) in [7, 11) is 0. The van der Waals surface area contributed by atoms with Gasteiger partial charge in [-0.2, -0.15) is 0 Å². The molecule has 0 saturated heterocycles. The lowest BCUT2D eigenvalue weighted by Crippen LogP contribution is -2.45. The van der Waals surface area contributed by atoms with Crippen LogP contribution in [0.4, 0.5) is 0 Å². The predicted octanol–water partition coefficient (Wildman–Crippen LogP) is 19.6. The maximum atomic E-state index is 12.4. The molecule has 0 aromatic carbocycles. The molecule has 0 aliphatic heterocycles. The van der Waals surface area contributed by atoms with Crippen LogP contribution in [0.3, 0.4) is 0 Å². The average molecular weight is 985 g/mol. The molecule has 6 nitrogen and oxygen atoms in total. The molecule has 0 heterocycles. The zero-order valence-corrected chi connectivity index (χ0v) is 47.0. The fourth-order valence-electron chi connectivity index (χ4n) is 9.61. The number of unbranched alkanes of at least 4 members (excludes halogenated alkanes) is 43. The summed E-state index contributed by atoms with van der Waals surface area (Å²) in [4.78, 5) is 24.5. The van der Waals surface area contributed by atoms with Gasteiger partial charge in [-0.15, -0.1) is 0 Å². The second-order valence-corrected chi connectivity index (χ2v) is 21.4. The Balaban J connectivity index is 3.35. The summed E-state index contributed by atoms with van der Waals surface area (Å²) in [6.45, 7) is 4.88. The average Bonchev–Trinajstić information content (AvgIpc) is 3.36. The topological polar surface area (TPSA) is 95.9 Å². The number of amides is 1. The number of allylic oxidation sites excluding steroid dienone is 5. The molecule has 3 N–H and O–H groups in total. The van der Waals surface area contributed by atoms with Crippen molar-refractivity contribution < 1.29 is 24.5 Å². The molecule has 0 aromatic rings. The molecule has 1 amide bonds. The second-order valence-electron chi connectivity index (χ2n) is 21.4. The minimum Gasteiger partial charge on any atom is -0.466 e. The Bertz CT molecular complexity index is 1130. The van der Waals surface area contributed by atoms with E-state index in [1.165, 1.54) is 257 Å². The van der Waals surface area contributed by atoms with Crippen molar-refractivity contribution in [3.05, 3.63) is 36.5 Å². The molecule has 0 bridgehead atoms. The molecule has 0 rings (SSSR count). The Labute approximate surface area is 436 Å². The fraction of sp³-hybridized carbons (Fsp3) is 0.875. The zero-order chi connectivity index (χ0) is 50.7. The standard InChI is InChI=1S/C64H121NO5/c1-3-5-7-9-11-13-15-16-17-27-31-34-38-42-46-50-54-58-64(69)70-59-55-51-47-43-39-35-32-29-26-24-22-20-18-19-21-23-25-28-30-33-37-41-45-49-53-57-63(68)65-61(60-66)62(67)56-52-48-44-40-36-14-12-10-8-6-4-2/h11,13,16-17,52,56,61-62,66-67H,3-10,12,14-15,18-51,53-55,57-60H2,1-2H3,(H,65,68)/b13-11-,17-16-,56-52+. The Morgan fingerprint density at radius 1 is 0.400 bits per heavy atom. The molecule has 0 radical (unpaired) electrons. The molecule has 6 heteroatoms. The Kier molecular flexibility index (Phi) is 58.0. The summed E-state index contributed by atoms with van der Waals surface area (Å²) in [5, 5.41) is 23.0. The van der Waals surface area contributed by atoms with Gasteiger partial charge in [0.05, 0.1) is 25.4 Å². The summed E-state index contributed by atoms with van der Waals surface area (Å²) in [5.74, 6) is -0.0589. The van der Waals surface area contributed by atoms with Crippen LogP contribution in [0.1, 0.15) is 335 Å². The van der Waals surface area contributed by atoms with E-state index in [4.69, 9.17) is 4.74 Å². The van der Waals surface area contributed by atoms with E-state index in [2.05, 4.69) is 43.5 Å². The minimum atomic E-state index is -0.842. The SMILES string of the molecule is CCCCC/C=C\C/C=C\CCCCCCCCCC(=O)OCCCCCCCCCCCCCCCCCCCCCCCCCCCC(=O)NC(CO)C(O)/C=C/CCCCCCCCCCC. The highest BCUT2D eigenvalue weighted by Gasteiger charge is 2.18. The van der Waals surface area contributed by atoms with Gasteiger partial charge in [-0.1, -0.05) is 294 Å². The van der Waals surface area contributed by atoms with Crippen LogP contribution < -0.4 is 5.32 Å². The van der Waals surface area contributed by atoms with Crippen LogP contribution in [0.2, 0.25) is 0 Å². The van der Waals surface area contributed by atoms with Crippen molar-refractivity contribution in [3.8, 4) is 0 Å². The van der Waals surface area contributed by atoms with E-state index < -0.39 is 12.1 Å². The summed E-state index contributed by atoms with van der Waals surface area (Å²) >= 11 is 0. The van der Waals surface area contributed by atoms with Gasteiger partial charge >= 0.3 is 5.97 Å². The van der Waals surface area contributed by atoms with Crippen LogP contribution in [0.5, 0.6) is 0 Å². The molecule has 0 saturated carbocycles. The molecule has 0 aliphatic rings. The highest BCUT2D eigenvalue weighted by molar-refractivity contribution is 5.76. The number of hydrogen-bond acceptors (Lipinski definition) is 5. The molecule has 2 unspecified atom stereocenters. The zero-order valence-electron chi connectivity index (χ0n) is 47.0. The number of hydrogen-bond donors (Lipinski definition) is 3. The van der Waals surface area contributed by atoms with E-state index in [1.54, 1.807) is 6.08 Å². The van der Waals surface area contributed by atoms with Crippen LogP contribution >= 0.6 is 0 Å². The van der Waals surface area contributed by atoms with Gasteiger partial charge in [0.25, 0.3) is 0 Å². The third kappa shape index (κ3) is 55.4. The van der Waals surface area contributed by atoms with Gasteiger partial charge in [-0.25, -0.2) is 0 Å². The van der Waals surface area contributed by atoms with E-state index in [-0.39, 0.29) is 18.5 Å². The summed E-state index contributed by atoms with van der Waals surface area (Å²) in [6, 6.07) is -0.625. The van der Waals surface area contributed by atoms with Crippen molar-refractivity contribution in [1.29, 1.82) is 0 Å². The highest BCUT2D eigenvalue weighted by Crippen LogP contribution is 2.17. The van der Waals surface area contributed by atoms with Gasteiger partial charge in [0, 0.05) is 12.8 Å². The van der Waals surface area contributed by atoms with Gasteiger partial charge in [0.1, 0.15) is 0 Å². The van der Waals surface area contributed by atoms with Crippen LogP contribution in [0.15, 0.2) is 36.5 Å². The summed E-state index contributed by atoms with van der Waals surface area (Å²) in [6.07, 6.45) is 74.8. The van der Waals surface area contributed by atoms with Gasteiger partial charge in [-0.3, -0.25) is 9.59 Å². The number of aliphatic hydroxyl groups excluding tert-OH is 2. The summed E-state index contributed by atoms with van der Waals surface area (Å²) in [5.41, 5.74) is 0. The minimum absolute atomic E-state index is 0.00809. The molecular formula is C64H121NO5. The van der Waals surface area contributed by atoms with Crippen molar-refractivity contribution in [2.24, 2.45) is 0 Å². The number of esters is 1. The van der Waals surface area contributed by atoms with E-state index in [9.17, 15) is 19.8 Å². The van der Waals surface area contributed by atoms with E-state index in [1.807, 2.05) is 6.08 Å². The van der Waals surface area contributed by atoms with Crippen molar-refractivity contribution in [3.63, 3.8) is 0 Å². The lowest BCUT2D eigenvalue weighted by atomic mass is 10.0. The Morgan fingerprint density at radius 2 is 0.714 bits per heavy atom. The number of nitrogens with one attached hydrogen (secondary N) is 1. The molecule has 0 aromatic heterocycles. The van der Waals surface area contributed by atoms with Crippen molar-refractivity contribution in [1.82, 2.24) is 5.32 Å². The number of rotatable bonds is 58.